The topological polar surface area (TPSA) is 228 Å². The van der Waals surface area contributed by atoms with Crippen molar-refractivity contribution in [2.45, 2.75) is 43.4 Å². The Hall–Kier alpha value is -4.49. The standard InChI is InChI=1S/C25H30N4O9/c26-17(10-15-6-8-16(31)9-7-15)22(34)27-18(11-14-4-2-1-3-5-14)23(35)29-20(13-30)24(36)28-19(25(37)38)12-21(32)33/h1-9,17-20,30-31H,10-13,26H2,(H,27,34)(H,28,36)(H,29,35)(H,32,33)(H,37,38). The summed E-state index contributed by atoms with van der Waals surface area (Å²) in [5.74, 6) is -5.70. The van der Waals surface area contributed by atoms with Gasteiger partial charge in [-0.3, -0.25) is 19.2 Å². The van der Waals surface area contributed by atoms with Crippen LogP contribution in [0.1, 0.15) is 17.5 Å². The van der Waals surface area contributed by atoms with Crippen molar-refractivity contribution < 1.29 is 44.4 Å². The number of aliphatic carboxylic acids is 2. The lowest BCUT2D eigenvalue weighted by molar-refractivity contribution is -0.147. The number of carbonyl (C=O) groups excluding carboxylic acids is 3. The van der Waals surface area contributed by atoms with Gasteiger partial charge in [-0.1, -0.05) is 42.5 Å². The number of hydrogen-bond acceptors (Lipinski definition) is 8. The number of aromatic hydroxyl groups is 1. The van der Waals surface area contributed by atoms with E-state index in [1.54, 1.807) is 42.5 Å². The van der Waals surface area contributed by atoms with Crippen LogP contribution in [-0.2, 0) is 36.8 Å². The van der Waals surface area contributed by atoms with Crippen LogP contribution in [0.15, 0.2) is 54.6 Å². The van der Waals surface area contributed by atoms with Crippen LogP contribution in [0.5, 0.6) is 5.75 Å². The molecule has 0 aliphatic carbocycles. The van der Waals surface area contributed by atoms with Crippen LogP contribution in [0.4, 0.5) is 0 Å². The number of carboxylic acid groups (broad SMARTS) is 2. The molecule has 204 valence electrons. The van der Waals surface area contributed by atoms with Crippen molar-refractivity contribution in [1.29, 1.82) is 0 Å². The summed E-state index contributed by atoms with van der Waals surface area (Å²) >= 11 is 0. The van der Waals surface area contributed by atoms with Crippen LogP contribution in [0.2, 0.25) is 0 Å². The highest BCUT2D eigenvalue weighted by atomic mass is 16.4. The van der Waals surface area contributed by atoms with Crippen molar-refractivity contribution in [2.75, 3.05) is 6.61 Å². The molecule has 13 nitrogen and oxygen atoms in total. The fraction of sp³-hybridized carbons (Fsp3) is 0.320. The van der Waals surface area contributed by atoms with Gasteiger partial charge in [0.15, 0.2) is 0 Å². The van der Waals surface area contributed by atoms with Crippen molar-refractivity contribution in [1.82, 2.24) is 16.0 Å². The molecule has 4 unspecified atom stereocenters. The first-order chi connectivity index (χ1) is 18.0. The second-order valence-electron chi connectivity index (χ2n) is 8.47. The molecule has 0 radical (unpaired) electrons. The summed E-state index contributed by atoms with van der Waals surface area (Å²) in [5, 5.41) is 43.8. The van der Waals surface area contributed by atoms with Gasteiger partial charge in [-0.15, -0.1) is 0 Å². The van der Waals surface area contributed by atoms with Gasteiger partial charge in [0, 0.05) is 6.42 Å². The van der Waals surface area contributed by atoms with Crippen molar-refractivity contribution in [3.8, 4) is 5.75 Å². The van der Waals surface area contributed by atoms with E-state index in [1.165, 1.54) is 12.1 Å². The highest BCUT2D eigenvalue weighted by Crippen LogP contribution is 2.11. The minimum Gasteiger partial charge on any atom is -0.508 e. The molecule has 38 heavy (non-hydrogen) atoms. The summed E-state index contributed by atoms with van der Waals surface area (Å²) in [6.07, 6.45) is -0.812. The molecule has 0 spiro atoms. The zero-order chi connectivity index (χ0) is 28.2. The van der Waals surface area contributed by atoms with Crippen LogP contribution < -0.4 is 21.7 Å². The number of carbonyl (C=O) groups is 5. The molecule has 0 aliphatic heterocycles. The Morgan fingerprint density at radius 3 is 1.79 bits per heavy atom. The molecule has 13 heteroatoms. The van der Waals surface area contributed by atoms with E-state index in [1.807, 2.05) is 5.32 Å². The third-order valence-electron chi connectivity index (χ3n) is 5.45. The molecule has 2 aromatic carbocycles. The molecular weight excluding hydrogens is 500 g/mol. The van der Waals surface area contributed by atoms with E-state index in [0.717, 1.165) is 0 Å². The zero-order valence-electron chi connectivity index (χ0n) is 20.2. The molecule has 0 heterocycles. The first kappa shape index (κ1) is 29.7. The summed E-state index contributed by atoms with van der Waals surface area (Å²) in [5.41, 5.74) is 7.35. The Labute approximate surface area is 217 Å². The molecule has 0 aliphatic rings. The van der Waals surface area contributed by atoms with Gasteiger partial charge in [-0.2, -0.15) is 0 Å². The van der Waals surface area contributed by atoms with Crippen LogP contribution in [-0.4, -0.2) is 80.9 Å². The minimum atomic E-state index is -1.79. The first-order valence-electron chi connectivity index (χ1n) is 11.5. The largest absolute Gasteiger partial charge is 0.508 e. The van der Waals surface area contributed by atoms with Crippen molar-refractivity contribution in [3.05, 3.63) is 65.7 Å². The highest BCUT2D eigenvalue weighted by molar-refractivity contribution is 5.94. The third kappa shape index (κ3) is 9.52. The lowest BCUT2D eigenvalue weighted by Gasteiger charge is -2.24. The molecule has 0 saturated carbocycles. The van der Waals surface area contributed by atoms with Gasteiger partial charge in [0.2, 0.25) is 17.7 Å². The first-order valence-corrected chi connectivity index (χ1v) is 11.5. The number of benzene rings is 2. The Morgan fingerprint density at radius 2 is 1.24 bits per heavy atom. The van der Waals surface area contributed by atoms with Crippen LogP contribution in [0.3, 0.4) is 0 Å². The normalized spacial score (nSPS) is 13.8. The Morgan fingerprint density at radius 1 is 0.711 bits per heavy atom. The SMILES string of the molecule is NC(Cc1ccc(O)cc1)C(=O)NC(Cc1ccccc1)C(=O)NC(CO)C(=O)NC(CC(=O)O)C(=O)O. The Kier molecular flexibility index (Phi) is 11.2. The molecule has 2 rings (SSSR count). The quantitative estimate of drug-likeness (QED) is 0.141. The van der Waals surface area contributed by atoms with Gasteiger partial charge in [-0.05, 0) is 29.7 Å². The van der Waals surface area contributed by atoms with E-state index in [2.05, 4.69) is 10.6 Å². The molecule has 0 fully saturated rings. The van der Waals surface area contributed by atoms with Crippen LogP contribution in [0.25, 0.3) is 0 Å². The van der Waals surface area contributed by atoms with Gasteiger partial charge in [0.1, 0.15) is 23.9 Å². The summed E-state index contributed by atoms with van der Waals surface area (Å²) in [4.78, 5) is 60.5. The summed E-state index contributed by atoms with van der Waals surface area (Å²) in [6.45, 7) is -0.927. The number of aliphatic hydroxyl groups is 1. The van der Waals surface area contributed by atoms with Gasteiger partial charge in [0.05, 0.1) is 19.1 Å². The molecule has 0 bridgehead atoms. The second-order valence-corrected chi connectivity index (χ2v) is 8.47. The number of nitrogens with one attached hydrogen (secondary N) is 3. The number of phenols is 1. The number of aliphatic hydroxyl groups excluding tert-OH is 1. The van der Waals surface area contributed by atoms with E-state index in [4.69, 9.17) is 15.9 Å². The maximum absolute atomic E-state index is 13.1. The van der Waals surface area contributed by atoms with E-state index in [9.17, 15) is 34.2 Å². The fourth-order valence-corrected chi connectivity index (χ4v) is 3.43. The van der Waals surface area contributed by atoms with E-state index in [0.29, 0.717) is 11.1 Å². The monoisotopic (exact) mass is 530 g/mol. The number of hydrogen-bond donors (Lipinski definition) is 8. The molecule has 0 saturated heterocycles. The van der Waals surface area contributed by atoms with Crippen molar-refractivity contribution in [3.63, 3.8) is 0 Å². The maximum Gasteiger partial charge on any atom is 0.326 e. The third-order valence-corrected chi connectivity index (χ3v) is 5.45. The minimum absolute atomic E-state index is 0.000869. The lowest BCUT2D eigenvalue weighted by atomic mass is 10.0. The lowest BCUT2D eigenvalue weighted by Crippen LogP contribution is -2.58. The number of rotatable bonds is 14. The van der Waals surface area contributed by atoms with Gasteiger partial charge >= 0.3 is 11.9 Å². The predicted octanol–water partition coefficient (Wildman–Crippen LogP) is -1.49. The fourth-order valence-electron chi connectivity index (χ4n) is 3.43. The summed E-state index contributed by atoms with van der Waals surface area (Å²) in [7, 11) is 0. The van der Waals surface area contributed by atoms with E-state index < -0.39 is 66.9 Å². The van der Waals surface area contributed by atoms with Crippen molar-refractivity contribution >= 4 is 29.7 Å². The second kappa shape index (κ2) is 14.3. The maximum atomic E-state index is 13.1. The zero-order valence-corrected chi connectivity index (χ0v) is 20.2. The van der Waals surface area contributed by atoms with Crippen LogP contribution >= 0.6 is 0 Å². The smallest absolute Gasteiger partial charge is 0.326 e. The predicted molar refractivity (Wildman–Crippen MR) is 133 cm³/mol. The Bertz CT molecular complexity index is 1130. The average Bonchev–Trinajstić information content (AvgIpc) is 2.87. The number of amides is 3. The molecular formula is C25H30N4O9. The summed E-state index contributed by atoms with van der Waals surface area (Å²) in [6, 6.07) is 8.99. The number of phenolic OH excluding ortho intramolecular Hbond substituents is 1. The molecule has 0 aromatic heterocycles. The molecule has 4 atom stereocenters. The summed E-state index contributed by atoms with van der Waals surface area (Å²) < 4.78 is 0. The van der Waals surface area contributed by atoms with Crippen molar-refractivity contribution in [2.24, 2.45) is 5.73 Å². The average molecular weight is 531 g/mol. The van der Waals surface area contributed by atoms with E-state index >= 15 is 0 Å². The molecule has 2 aromatic rings. The Balaban J connectivity index is 2.14. The highest BCUT2D eigenvalue weighted by Gasteiger charge is 2.31. The molecule has 3 amide bonds. The number of carboxylic acids is 2. The van der Waals surface area contributed by atoms with E-state index in [-0.39, 0.29) is 18.6 Å². The molecule has 9 N–H and O–H groups in total. The van der Waals surface area contributed by atoms with Gasteiger partial charge < -0.3 is 42.1 Å². The van der Waals surface area contributed by atoms with Gasteiger partial charge in [0.25, 0.3) is 0 Å². The number of nitrogens with two attached hydrogens (primary N) is 1. The van der Waals surface area contributed by atoms with Gasteiger partial charge in [-0.25, -0.2) is 4.79 Å². The van der Waals surface area contributed by atoms with Crippen LogP contribution in [0, 0.1) is 0 Å².